The fourth-order valence-corrected chi connectivity index (χ4v) is 1.37. The highest BCUT2D eigenvalue weighted by atomic mass is 16.5. The molecule has 0 saturated carbocycles. The molecule has 0 aliphatic rings. The Morgan fingerprint density at radius 1 is 1.38 bits per heavy atom. The predicted molar refractivity (Wildman–Crippen MR) is 58.0 cm³/mol. The number of hydrogen-bond acceptors (Lipinski definition) is 4. The molecule has 0 unspecified atom stereocenters. The van der Waals surface area contributed by atoms with Crippen LogP contribution in [0.5, 0.6) is 5.75 Å². The van der Waals surface area contributed by atoms with E-state index >= 15 is 0 Å². The molecule has 0 N–H and O–H groups in total. The smallest absolute Gasteiger partial charge is 0.167 e. The van der Waals surface area contributed by atoms with E-state index in [0.717, 1.165) is 0 Å². The van der Waals surface area contributed by atoms with Crippen molar-refractivity contribution in [1.82, 2.24) is 0 Å². The number of benzene rings is 1. The molecule has 0 aliphatic carbocycles. The van der Waals surface area contributed by atoms with Crippen LogP contribution in [0.25, 0.3) is 0 Å². The van der Waals surface area contributed by atoms with Crippen molar-refractivity contribution < 1.29 is 19.1 Å². The first kappa shape index (κ1) is 12.1. The van der Waals surface area contributed by atoms with Crippen molar-refractivity contribution >= 4 is 18.4 Å². The van der Waals surface area contributed by atoms with Crippen molar-refractivity contribution in [2.45, 2.75) is 13.3 Å². The molecule has 16 heavy (non-hydrogen) atoms. The second kappa shape index (κ2) is 5.80. The number of carbonyl (C=O) groups excluding carboxylic acids is 3. The second-order valence-electron chi connectivity index (χ2n) is 3.09. The number of hydrogen-bond donors (Lipinski definition) is 0. The van der Waals surface area contributed by atoms with E-state index in [2.05, 4.69) is 0 Å². The Morgan fingerprint density at radius 3 is 2.69 bits per heavy atom. The quantitative estimate of drug-likeness (QED) is 0.540. The molecule has 4 nitrogen and oxygen atoms in total. The van der Waals surface area contributed by atoms with E-state index < -0.39 is 0 Å². The average molecular weight is 220 g/mol. The summed E-state index contributed by atoms with van der Waals surface area (Å²) in [7, 11) is 0. The van der Waals surface area contributed by atoms with Crippen LogP contribution in [0.1, 0.15) is 34.1 Å². The number of ether oxygens (including phenoxy) is 1. The van der Waals surface area contributed by atoms with Crippen molar-refractivity contribution in [1.29, 1.82) is 0 Å². The lowest BCUT2D eigenvalue weighted by molar-refractivity contribution is -0.109. The van der Waals surface area contributed by atoms with Crippen molar-refractivity contribution in [3.63, 3.8) is 0 Å². The zero-order valence-electron chi connectivity index (χ0n) is 8.93. The van der Waals surface area contributed by atoms with Crippen LogP contribution in [0, 0.1) is 0 Å². The van der Waals surface area contributed by atoms with E-state index in [4.69, 9.17) is 4.74 Å². The molecule has 0 saturated heterocycles. The summed E-state index contributed by atoms with van der Waals surface area (Å²) in [6.45, 7) is 1.57. The van der Waals surface area contributed by atoms with Crippen LogP contribution in [-0.4, -0.2) is 25.0 Å². The Balaban J connectivity index is 3.19. The van der Waals surface area contributed by atoms with Crippen molar-refractivity contribution in [3.05, 3.63) is 29.3 Å². The summed E-state index contributed by atoms with van der Waals surface area (Å²) >= 11 is 0. The van der Waals surface area contributed by atoms with Crippen LogP contribution in [0.4, 0.5) is 0 Å². The normalized spacial score (nSPS) is 9.56. The first-order chi connectivity index (χ1) is 7.74. The molecule has 0 atom stereocenters. The highest BCUT2D eigenvalue weighted by Gasteiger charge is 2.15. The molecule has 1 aromatic carbocycles. The molecular weight excluding hydrogens is 208 g/mol. The molecule has 0 spiro atoms. The van der Waals surface area contributed by atoms with E-state index in [1.165, 1.54) is 0 Å². The van der Waals surface area contributed by atoms with Crippen LogP contribution < -0.4 is 4.74 Å². The third kappa shape index (κ3) is 2.53. The second-order valence-corrected chi connectivity index (χ2v) is 3.09. The monoisotopic (exact) mass is 220 g/mol. The highest BCUT2D eigenvalue weighted by Crippen LogP contribution is 2.23. The van der Waals surface area contributed by atoms with E-state index in [-0.39, 0.29) is 35.7 Å². The van der Waals surface area contributed by atoms with Gasteiger partial charge in [-0.2, -0.15) is 0 Å². The fourth-order valence-electron chi connectivity index (χ4n) is 1.37. The minimum Gasteiger partial charge on any atom is -0.485 e. The van der Waals surface area contributed by atoms with E-state index in [1.807, 2.05) is 0 Å². The fraction of sp³-hybridized carbons (Fsp3) is 0.250. The lowest BCUT2D eigenvalue weighted by Crippen LogP contribution is -2.08. The Morgan fingerprint density at radius 2 is 2.12 bits per heavy atom. The van der Waals surface area contributed by atoms with Gasteiger partial charge in [0.2, 0.25) is 0 Å². The molecule has 0 fully saturated rings. The molecule has 4 heteroatoms. The number of aldehydes is 2. The van der Waals surface area contributed by atoms with Gasteiger partial charge in [-0.25, -0.2) is 0 Å². The zero-order valence-corrected chi connectivity index (χ0v) is 8.93. The molecule has 1 rings (SSSR count). The van der Waals surface area contributed by atoms with E-state index in [0.29, 0.717) is 12.6 Å². The first-order valence-corrected chi connectivity index (χ1v) is 4.92. The Kier molecular flexibility index (Phi) is 4.39. The molecule has 0 aliphatic heterocycles. The summed E-state index contributed by atoms with van der Waals surface area (Å²) in [5.41, 5.74) is 0.539. The number of carbonyl (C=O) groups is 3. The van der Waals surface area contributed by atoms with Crippen LogP contribution in [-0.2, 0) is 4.79 Å². The molecular formula is C12H12O4. The van der Waals surface area contributed by atoms with Crippen LogP contribution in [0.2, 0.25) is 0 Å². The molecule has 0 amide bonds. The lowest BCUT2D eigenvalue weighted by Gasteiger charge is -2.09. The molecule has 0 radical (unpaired) electrons. The third-order valence-electron chi connectivity index (χ3n) is 2.09. The summed E-state index contributed by atoms with van der Waals surface area (Å²) in [6, 6.07) is 4.72. The van der Waals surface area contributed by atoms with Gasteiger partial charge >= 0.3 is 0 Å². The van der Waals surface area contributed by atoms with Crippen molar-refractivity contribution in [2.24, 2.45) is 0 Å². The number of Topliss-reactive ketones (excluding diaryl/α,β-unsaturated/α-hetero) is 1. The van der Waals surface area contributed by atoms with Gasteiger partial charge in [0.15, 0.2) is 18.4 Å². The molecule has 0 bridgehead atoms. The van der Waals surface area contributed by atoms with Crippen molar-refractivity contribution in [2.75, 3.05) is 6.61 Å². The minimum absolute atomic E-state index is 0.133. The van der Waals surface area contributed by atoms with Gasteiger partial charge in [0.1, 0.15) is 12.4 Å². The SMILES string of the molecule is CCC(=O)c1c(C=O)cccc1OCC=O. The molecule has 84 valence electrons. The number of ketones is 1. The van der Waals surface area contributed by atoms with Crippen LogP contribution >= 0.6 is 0 Å². The van der Waals surface area contributed by atoms with E-state index in [1.54, 1.807) is 25.1 Å². The summed E-state index contributed by atoms with van der Waals surface area (Å²) < 4.78 is 5.10. The largest absolute Gasteiger partial charge is 0.485 e. The summed E-state index contributed by atoms with van der Waals surface area (Å²) in [6.07, 6.45) is 1.48. The van der Waals surface area contributed by atoms with Gasteiger partial charge in [-0.05, 0) is 6.07 Å². The standard InChI is InChI=1S/C12H12O4/c1-2-10(15)12-9(8-14)4-3-5-11(12)16-7-6-13/h3-6,8H,2,7H2,1H3. The maximum absolute atomic E-state index is 11.6. The first-order valence-electron chi connectivity index (χ1n) is 4.92. The lowest BCUT2D eigenvalue weighted by atomic mass is 10.0. The molecule has 1 aromatic rings. The number of rotatable bonds is 6. The topological polar surface area (TPSA) is 60.4 Å². The Labute approximate surface area is 93.2 Å². The van der Waals surface area contributed by atoms with Crippen LogP contribution in [0.3, 0.4) is 0 Å². The van der Waals surface area contributed by atoms with Crippen LogP contribution in [0.15, 0.2) is 18.2 Å². The van der Waals surface area contributed by atoms with Gasteiger partial charge in [0.05, 0.1) is 5.56 Å². The maximum Gasteiger partial charge on any atom is 0.167 e. The molecule has 0 heterocycles. The van der Waals surface area contributed by atoms with Gasteiger partial charge in [0.25, 0.3) is 0 Å². The highest BCUT2D eigenvalue weighted by molar-refractivity contribution is 6.05. The zero-order chi connectivity index (χ0) is 12.0. The predicted octanol–water partition coefficient (Wildman–Crippen LogP) is 1.67. The summed E-state index contributed by atoms with van der Waals surface area (Å²) in [5.74, 6) is 0.104. The maximum atomic E-state index is 11.6. The van der Waals surface area contributed by atoms with Gasteiger partial charge in [-0.3, -0.25) is 14.4 Å². The third-order valence-corrected chi connectivity index (χ3v) is 2.09. The van der Waals surface area contributed by atoms with Gasteiger partial charge < -0.3 is 4.74 Å². The van der Waals surface area contributed by atoms with E-state index in [9.17, 15) is 14.4 Å². The van der Waals surface area contributed by atoms with Gasteiger partial charge in [-0.1, -0.05) is 19.1 Å². The summed E-state index contributed by atoms with van der Waals surface area (Å²) in [4.78, 5) is 32.7. The van der Waals surface area contributed by atoms with Gasteiger partial charge in [0, 0.05) is 12.0 Å². The Bertz CT molecular complexity index is 409. The average Bonchev–Trinajstić information content (AvgIpc) is 2.34. The minimum atomic E-state index is -0.177. The van der Waals surface area contributed by atoms with Crippen molar-refractivity contribution in [3.8, 4) is 5.75 Å². The van der Waals surface area contributed by atoms with Gasteiger partial charge in [-0.15, -0.1) is 0 Å². The Hall–Kier alpha value is -1.97. The summed E-state index contributed by atoms with van der Waals surface area (Å²) in [5, 5.41) is 0. The molecule has 0 aromatic heterocycles.